The van der Waals surface area contributed by atoms with Gasteiger partial charge in [0.2, 0.25) is 5.69 Å². The van der Waals surface area contributed by atoms with Gasteiger partial charge in [-0.15, -0.1) is 5.10 Å². The van der Waals surface area contributed by atoms with Gasteiger partial charge < -0.3 is 0 Å². The SMILES string of the molecule is CC(C)n1nnc(C(F)(F)F)c1Cl. The van der Waals surface area contributed by atoms with Crippen LogP contribution in [0.5, 0.6) is 0 Å². The van der Waals surface area contributed by atoms with Crippen molar-refractivity contribution in [1.82, 2.24) is 15.0 Å². The summed E-state index contributed by atoms with van der Waals surface area (Å²) < 4.78 is 37.4. The van der Waals surface area contributed by atoms with Gasteiger partial charge in [-0.05, 0) is 13.8 Å². The number of hydrogen-bond acceptors (Lipinski definition) is 2. The Balaban J connectivity index is 3.14. The van der Waals surface area contributed by atoms with Crippen molar-refractivity contribution in [2.24, 2.45) is 0 Å². The second kappa shape index (κ2) is 3.17. The van der Waals surface area contributed by atoms with Crippen LogP contribution in [-0.4, -0.2) is 15.0 Å². The first-order valence-corrected chi connectivity index (χ1v) is 3.89. The molecule has 0 amide bonds. The maximum Gasteiger partial charge on any atom is 0.438 e. The summed E-state index contributed by atoms with van der Waals surface area (Å²) in [6, 6.07) is -0.240. The molecular weight excluding hydrogens is 207 g/mol. The highest BCUT2D eigenvalue weighted by molar-refractivity contribution is 6.30. The van der Waals surface area contributed by atoms with Crippen LogP contribution in [0.15, 0.2) is 0 Å². The predicted octanol–water partition coefficient (Wildman–Crippen LogP) is 2.53. The van der Waals surface area contributed by atoms with E-state index in [0.29, 0.717) is 0 Å². The van der Waals surface area contributed by atoms with Crippen LogP contribution >= 0.6 is 11.6 Å². The third kappa shape index (κ3) is 1.93. The lowest BCUT2D eigenvalue weighted by Gasteiger charge is -2.05. The topological polar surface area (TPSA) is 30.7 Å². The lowest BCUT2D eigenvalue weighted by molar-refractivity contribution is -0.141. The second-order valence-corrected chi connectivity index (χ2v) is 3.12. The summed E-state index contributed by atoms with van der Waals surface area (Å²) in [5.41, 5.74) is -1.14. The minimum atomic E-state index is -4.54. The van der Waals surface area contributed by atoms with Crippen LogP contribution in [0.3, 0.4) is 0 Å². The van der Waals surface area contributed by atoms with Crippen molar-refractivity contribution in [3.05, 3.63) is 10.8 Å². The van der Waals surface area contributed by atoms with Gasteiger partial charge in [-0.25, -0.2) is 4.68 Å². The Kier molecular flexibility index (Phi) is 2.51. The fourth-order valence-electron chi connectivity index (χ4n) is 0.786. The Morgan fingerprint density at radius 1 is 1.38 bits per heavy atom. The van der Waals surface area contributed by atoms with E-state index in [9.17, 15) is 13.2 Å². The number of rotatable bonds is 1. The Morgan fingerprint density at radius 3 is 2.15 bits per heavy atom. The fourth-order valence-corrected chi connectivity index (χ4v) is 1.16. The molecule has 0 saturated carbocycles. The Bertz CT molecular complexity index is 305. The minimum Gasteiger partial charge on any atom is -0.231 e. The number of alkyl halides is 3. The van der Waals surface area contributed by atoms with E-state index in [1.54, 1.807) is 13.8 Å². The average molecular weight is 214 g/mol. The first-order valence-electron chi connectivity index (χ1n) is 3.52. The molecule has 0 aliphatic carbocycles. The zero-order chi connectivity index (χ0) is 10.2. The van der Waals surface area contributed by atoms with E-state index in [1.807, 2.05) is 0 Å². The van der Waals surface area contributed by atoms with Gasteiger partial charge in [0.15, 0.2) is 5.15 Å². The monoisotopic (exact) mass is 213 g/mol. The maximum absolute atomic E-state index is 12.1. The van der Waals surface area contributed by atoms with Crippen LogP contribution in [0.1, 0.15) is 25.6 Å². The molecule has 0 aliphatic heterocycles. The van der Waals surface area contributed by atoms with Crippen LogP contribution in [0.4, 0.5) is 13.2 Å². The second-order valence-electron chi connectivity index (χ2n) is 2.76. The van der Waals surface area contributed by atoms with Gasteiger partial charge in [0, 0.05) is 6.04 Å². The molecule has 0 radical (unpaired) electrons. The van der Waals surface area contributed by atoms with Crippen molar-refractivity contribution in [2.45, 2.75) is 26.1 Å². The highest BCUT2D eigenvalue weighted by atomic mass is 35.5. The molecule has 0 aromatic carbocycles. The van der Waals surface area contributed by atoms with Crippen LogP contribution in [-0.2, 0) is 6.18 Å². The first kappa shape index (κ1) is 10.3. The lowest BCUT2D eigenvalue weighted by atomic mass is 10.4. The Labute approximate surface area is 77.5 Å². The van der Waals surface area contributed by atoms with E-state index < -0.39 is 17.0 Å². The minimum absolute atomic E-state index is 0.240. The van der Waals surface area contributed by atoms with E-state index in [2.05, 4.69) is 10.3 Å². The maximum atomic E-state index is 12.1. The lowest BCUT2D eigenvalue weighted by Crippen LogP contribution is -2.07. The van der Waals surface area contributed by atoms with Gasteiger partial charge in [-0.2, -0.15) is 13.2 Å². The van der Waals surface area contributed by atoms with Crippen LogP contribution < -0.4 is 0 Å². The smallest absolute Gasteiger partial charge is 0.231 e. The average Bonchev–Trinajstić information content (AvgIpc) is 2.28. The van der Waals surface area contributed by atoms with Crippen molar-refractivity contribution < 1.29 is 13.2 Å². The molecule has 1 aromatic rings. The summed E-state index contributed by atoms with van der Waals surface area (Å²) in [6.45, 7) is 3.33. The molecule has 1 aromatic heterocycles. The summed E-state index contributed by atoms with van der Waals surface area (Å²) in [4.78, 5) is 0. The van der Waals surface area contributed by atoms with E-state index >= 15 is 0 Å². The molecule has 0 N–H and O–H groups in total. The summed E-state index contributed by atoms with van der Waals surface area (Å²) in [5.74, 6) is 0. The van der Waals surface area contributed by atoms with Crippen molar-refractivity contribution in [3.8, 4) is 0 Å². The van der Waals surface area contributed by atoms with Gasteiger partial charge in [-0.1, -0.05) is 16.8 Å². The number of halogens is 4. The number of hydrogen-bond donors (Lipinski definition) is 0. The van der Waals surface area contributed by atoms with Crippen LogP contribution in [0.2, 0.25) is 5.15 Å². The normalized spacial score (nSPS) is 12.5. The molecule has 0 atom stereocenters. The molecule has 1 rings (SSSR count). The fraction of sp³-hybridized carbons (Fsp3) is 0.667. The molecule has 0 aliphatic rings. The number of aromatic nitrogens is 3. The molecule has 0 saturated heterocycles. The molecule has 0 fully saturated rings. The molecule has 3 nitrogen and oxygen atoms in total. The summed E-state index contributed by atoms with van der Waals surface area (Å²) in [6.07, 6.45) is -4.54. The molecular formula is C6H7ClF3N3. The molecule has 1 heterocycles. The Morgan fingerprint density at radius 2 is 1.92 bits per heavy atom. The number of nitrogens with zero attached hydrogens (tertiary/aromatic N) is 3. The molecule has 74 valence electrons. The van der Waals surface area contributed by atoms with E-state index in [1.165, 1.54) is 0 Å². The van der Waals surface area contributed by atoms with E-state index in [0.717, 1.165) is 4.68 Å². The summed E-state index contributed by atoms with van der Waals surface area (Å²) in [7, 11) is 0. The predicted molar refractivity (Wildman–Crippen MR) is 40.4 cm³/mol. The zero-order valence-corrected chi connectivity index (χ0v) is 7.69. The largest absolute Gasteiger partial charge is 0.438 e. The van der Waals surface area contributed by atoms with Crippen LogP contribution in [0.25, 0.3) is 0 Å². The third-order valence-corrected chi connectivity index (χ3v) is 1.75. The highest BCUT2D eigenvalue weighted by Gasteiger charge is 2.38. The molecule has 0 unspecified atom stereocenters. The summed E-state index contributed by atoms with van der Waals surface area (Å²) >= 11 is 5.42. The van der Waals surface area contributed by atoms with Gasteiger partial charge >= 0.3 is 6.18 Å². The first-order chi connectivity index (χ1) is 5.84. The van der Waals surface area contributed by atoms with E-state index in [-0.39, 0.29) is 6.04 Å². The van der Waals surface area contributed by atoms with Crippen molar-refractivity contribution in [1.29, 1.82) is 0 Å². The van der Waals surface area contributed by atoms with Gasteiger partial charge in [-0.3, -0.25) is 0 Å². The molecule has 7 heteroatoms. The molecule has 0 bridgehead atoms. The Hall–Kier alpha value is -0.780. The van der Waals surface area contributed by atoms with Gasteiger partial charge in [0.05, 0.1) is 0 Å². The highest BCUT2D eigenvalue weighted by Crippen LogP contribution is 2.33. The van der Waals surface area contributed by atoms with Crippen LogP contribution in [0, 0.1) is 0 Å². The van der Waals surface area contributed by atoms with Crippen molar-refractivity contribution >= 4 is 11.6 Å². The van der Waals surface area contributed by atoms with E-state index in [4.69, 9.17) is 11.6 Å². The zero-order valence-electron chi connectivity index (χ0n) is 6.93. The third-order valence-electron chi connectivity index (χ3n) is 1.40. The van der Waals surface area contributed by atoms with Gasteiger partial charge in [0.1, 0.15) is 0 Å². The molecule has 13 heavy (non-hydrogen) atoms. The summed E-state index contributed by atoms with van der Waals surface area (Å²) in [5, 5.41) is 5.79. The van der Waals surface area contributed by atoms with Gasteiger partial charge in [0.25, 0.3) is 0 Å². The standard InChI is InChI=1S/C6H7ClF3N3/c1-3(2)13-5(7)4(11-12-13)6(8,9)10/h3H,1-2H3. The quantitative estimate of drug-likeness (QED) is 0.718. The molecule has 0 spiro atoms. The van der Waals surface area contributed by atoms with Crippen molar-refractivity contribution in [2.75, 3.05) is 0 Å². The van der Waals surface area contributed by atoms with Crippen molar-refractivity contribution in [3.63, 3.8) is 0 Å².